The zero-order valence-corrected chi connectivity index (χ0v) is 15.5. The van der Waals surface area contributed by atoms with E-state index in [9.17, 15) is 4.79 Å². The van der Waals surface area contributed by atoms with Gasteiger partial charge in [-0.1, -0.05) is 35.6 Å². The molecule has 3 N–H and O–H groups in total. The Morgan fingerprint density at radius 3 is 2.75 bits per heavy atom. The van der Waals surface area contributed by atoms with Crippen molar-refractivity contribution < 1.29 is 4.79 Å². The third-order valence-electron chi connectivity index (χ3n) is 3.93. The van der Waals surface area contributed by atoms with Crippen molar-refractivity contribution in [3.8, 4) is 11.3 Å². The molecule has 0 aliphatic heterocycles. The Morgan fingerprint density at radius 2 is 2.04 bits per heavy atom. The molecule has 0 spiro atoms. The monoisotopic (exact) mass is 448 g/mol. The standard InChI is InChI=1S/C17H13IN4OS/c18-21-16(23)12-5-6-14-15(7-12)24-17-20-13(9-22(14)17)11-3-1-10(8-19)2-4-11/h1-7,9H,8,19H2,(H,21,23). The van der Waals surface area contributed by atoms with Gasteiger partial charge in [-0.2, -0.15) is 0 Å². The number of imidazole rings is 1. The minimum atomic E-state index is -0.0933. The van der Waals surface area contributed by atoms with Crippen LogP contribution in [0.4, 0.5) is 0 Å². The number of nitrogens with zero attached hydrogens (tertiary/aromatic N) is 2. The molecule has 24 heavy (non-hydrogen) atoms. The van der Waals surface area contributed by atoms with Crippen molar-refractivity contribution in [3.63, 3.8) is 0 Å². The Labute approximate surface area is 156 Å². The van der Waals surface area contributed by atoms with Crippen LogP contribution in [0, 0.1) is 0 Å². The van der Waals surface area contributed by atoms with E-state index in [1.807, 2.05) is 71.5 Å². The number of halogens is 1. The van der Waals surface area contributed by atoms with Gasteiger partial charge in [0.05, 0.1) is 38.8 Å². The summed E-state index contributed by atoms with van der Waals surface area (Å²) in [7, 11) is 0. The van der Waals surface area contributed by atoms with Crippen LogP contribution in [0.25, 0.3) is 26.4 Å². The van der Waals surface area contributed by atoms with Gasteiger partial charge in [0, 0.05) is 23.9 Å². The Balaban J connectivity index is 1.79. The number of nitrogens with two attached hydrogens (primary N) is 1. The molecule has 0 bridgehead atoms. The SMILES string of the molecule is NCc1ccc(-c2cn3c(n2)sc2cc(C(=O)NI)ccc23)cc1. The topological polar surface area (TPSA) is 72.4 Å². The molecule has 0 saturated heterocycles. The normalized spacial score (nSPS) is 11.2. The molecule has 0 saturated carbocycles. The summed E-state index contributed by atoms with van der Waals surface area (Å²) in [5.41, 5.74) is 10.4. The van der Waals surface area contributed by atoms with Gasteiger partial charge in [0.2, 0.25) is 0 Å². The lowest BCUT2D eigenvalue weighted by molar-refractivity contribution is 0.0990. The van der Waals surface area contributed by atoms with Gasteiger partial charge >= 0.3 is 0 Å². The molecule has 120 valence electrons. The van der Waals surface area contributed by atoms with E-state index in [1.165, 1.54) is 0 Å². The summed E-state index contributed by atoms with van der Waals surface area (Å²) in [6.07, 6.45) is 2.03. The molecule has 0 radical (unpaired) electrons. The highest BCUT2D eigenvalue weighted by Gasteiger charge is 2.12. The number of rotatable bonds is 3. The number of carbonyl (C=O) groups excluding carboxylic acids is 1. The van der Waals surface area contributed by atoms with E-state index < -0.39 is 0 Å². The largest absolute Gasteiger partial charge is 0.326 e. The van der Waals surface area contributed by atoms with Gasteiger partial charge < -0.3 is 5.73 Å². The number of amides is 1. The summed E-state index contributed by atoms with van der Waals surface area (Å²) >= 11 is 3.42. The van der Waals surface area contributed by atoms with Crippen molar-refractivity contribution >= 4 is 55.3 Å². The number of thiazole rings is 1. The molecule has 2 aromatic heterocycles. The number of hydrogen-bond acceptors (Lipinski definition) is 4. The lowest BCUT2D eigenvalue weighted by Crippen LogP contribution is -2.11. The Kier molecular flexibility index (Phi) is 3.99. The van der Waals surface area contributed by atoms with Gasteiger partial charge in [-0.3, -0.25) is 12.7 Å². The van der Waals surface area contributed by atoms with E-state index in [2.05, 4.69) is 7.93 Å². The number of benzene rings is 2. The molecular weight excluding hydrogens is 435 g/mol. The zero-order valence-electron chi connectivity index (χ0n) is 12.5. The first kappa shape index (κ1) is 15.6. The molecule has 2 aromatic carbocycles. The van der Waals surface area contributed by atoms with Crippen LogP contribution in [0.3, 0.4) is 0 Å². The van der Waals surface area contributed by atoms with Crippen molar-refractivity contribution in [1.29, 1.82) is 0 Å². The van der Waals surface area contributed by atoms with Crippen molar-refractivity contribution in [1.82, 2.24) is 12.9 Å². The predicted octanol–water partition coefficient (Wildman–Crippen LogP) is 3.75. The van der Waals surface area contributed by atoms with Crippen molar-refractivity contribution in [2.75, 3.05) is 0 Å². The lowest BCUT2D eigenvalue weighted by Gasteiger charge is -1.99. The van der Waals surface area contributed by atoms with Crippen LogP contribution >= 0.6 is 34.2 Å². The van der Waals surface area contributed by atoms with Crippen LogP contribution in [-0.2, 0) is 6.54 Å². The van der Waals surface area contributed by atoms with Crippen molar-refractivity contribution in [2.24, 2.45) is 5.73 Å². The van der Waals surface area contributed by atoms with E-state index in [4.69, 9.17) is 10.7 Å². The van der Waals surface area contributed by atoms with Crippen LogP contribution in [0.5, 0.6) is 0 Å². The van der Waals surface area contributed by atoms with Crippen LogP contribution in [0.2, 0.25) is 0 Å². The third kappa shape index (κ3) is 2.58. The summed E-state index contributed by atoms with van der Waals surface area (Å²) in [5.74, 6) is -0.0933. The molecule has 4 rings (SSSR count). The fraction of sp³-hybridized carbons (Fsp3) is 0.0588. The van der Waals surface area contributed by atoms with E-state index in [-0.39, 0.29) is 5.91 Å². The number of hydrogen-bond donors (Lipinski definition) is 2. The quantitative estimate of drug-likeness (QED) is 0.371. The molecule has 4 aromatic rings. The molecule has 0 unspecified atom stereocenters. The number of carbonyl (C=O) groups is 1. The van der Waals surface area contributed by atoms with Gasteiger partial charge in [-0.25, -0.2) is 4.98 Å². The fourth-order valence-corrected chi connectivity index (χ4v) is 4.01. The third-order valence-corrected chi connectivity index (χ3v) is 5.43. The average molecular weight is 448 g/mol. The molecule has 2 heterocycles. The van der Waals surface area contributed by atoms with Gasteiger partial charge in [-0.15, -0.1) is 0 Å². The summed E-state index contributed by atoms with van der Waals surface area (Å²) in [5, 5.41) is 0. The van der Waals surface area contributed by atoms with Crippen LogP contribution in [0.1, 0.15) is 15.9 Å². The second-order valence-electron chi connectivity index (χ2n) is 5.39. The van der Waals surface area contributed by atoms with Gasteiger partial charge in [0.1, 0.15) is 0 Å². The van der Waals surface area contributed by atoms with Crippen LogP contribution in [-0.4, -0.2) is 15.3 Å². The maximum atomic E-state index is 11.8. The summed E-state index contributed by atoms with van der Waals surface area (Å²) < 4.78 is 5.73. The van der Waals surface area contributed by atoms with E-state index in [0.717, 1.165) is 32.0 Å². The molecular formula is C17H13IN4OS. The van der Waals surface area contributed by atoms with Gasteiger partial charge in [0.25, 0.3) is 5.91 Å². The first-order valence-corrected chi connectivity index (χ1v) is 9.21. The molecule has 0 fully saturated rings. The fourth-order valence-electron chi connectivity index (χ4n) is 2.65. The molecule has 7 heteroatoms. The second kappa shape index (κ2) is 6.15. The van der Waals surface area contributed by atoms with Gasteiger partial charge in [-0.05, 0) is 23.8 Å². The summed E-state index contributed by atoms with van der Waals surface area (Å²) in [6.45, 7) is 0.538. The van der Waals surface area contributed by atoms with Crippen LogP contribution < -0.4 is 9.26 Å². The molecule has 0 atom stereocenters. The zero-order chi connectivity index (χ0) is 16.7. The minimum Gasteiger partial charge on any atom is -0.326 e. The first-order chi connectivity index (χ1) is 11.7. The van der Waals surface area contributed by atoms with Gasteiger partial charge in [0.15, 0.2) is 4.96 Å². The number of nitrogens with one attached hydrogen (secondary N) is 1. The first-order valence-electron chi connectivity index (χ1n) is 7.31. The van der Waals surface area contributed by atoms with E-state index >= 15 is 0 Å². The Bertz CT molecular complexity index is 1050. The summed E-state index contributed by atoms with van der Waals surface area (Å²) in [6, 6.07) is 13.8. The van der Waals surface area contributed by atoms with Crippen molar-refractivity contribution in [2.45, 2.75) is 6.54 Å². The predicted molar refractivity (Wildman–Crippen MR) is 105 cm³/mol. The highest BCUT2D eigenvalue weighted by atomic mass is 127. The maximum Gasteiger partial charge on any atom is 0.259 e. The lowest BCUT2D eigenvalue weighted by atomic mass is 10.1. The highest BCUT2D eigenvalue weighted by molar-refractivity contribution is 14.1. The van der Waals surface area contributed by atoms with E-state index in [0.29, 0.717) is 12.1 Å². The Hall–Kier alpha value is -1.97. The molecule has 0 aliphatic rings. The van der Waals surface area contributed by atoms with E-state index in [1.54, 1.807) is 11.3 Å². The molecule has 5 nitrogen and oxygen atoms in total. The second-order valence-corrected chi connectivity index (χ2v) is 6.94. The maximum absolute atomic E-state index is 11.8. The van der Waals surface area contributed by atoms with Crippen LogP contribution in [0.15, 0.2) is 48.7 Å². The van der Waals surface area contributed by atoms with Crippen molar-refractivity contribution in [3.05, 3.63) is 59.8 Å². The minimum absolute atomic E-state index is 0.0933. The number of fused-ring (bicyclic) bond motifs is 3. The smallest absolute Gasteiger partial charge is 0.259 e. The molecule has 0 aliphatic carbocycles. The summed E-state index contributed by atoms with van der Waals surface area (Å²) in [4.78, 5) is 17.4. The number of aromatic nitrogens is 2. The average Bonchev–Trinajstić information content (AvgIpc) is 3.18. The highest BCUT2D eigenvalue weighted by Crippen LogP contribution is 2.30. The molecule has 1 amide bonds. The Morgan fingerprint density at radius 1 is 1.25 bits per heavy atom.